The van der Waals surface area contributed by atoms with Gasteiger partial charge in [-0.1, -0.05) is 0 Å². The van der Waals surface area contributed by atoms with Crippen LogP contribution in [0.25, 0.3) is 0 Å². The molecule has 3 rings (SSSR count). The highest BCUT2D eigenvalue weighted by atomic mass is 32.2. The van der Waals surface area contributed by atoms with Gasteiger partial charge in [0.15, 0.2) is 0 Å². The first kappa shape index (κ1) is 20.4. The number of rotatable bonds is 6. The predicted molar refractivity (Wildman–Crippen MR) is 104 cm³/mol. The molecule has 1 aliphatic carbocycles. The highest BCUT2D eigenvalue weighted by Crippen LogP contribution is 2.44. The van der Waals surface area contributed by atoms with Crippen molar-refractivity contribution in [3.63, 3.8) is 0 Å². The van der Waals surface area contributed by atoms with Gasteiger partial charge in [0, 0.05) is 31.1 Å². The molecule has 1 aromatic carbocycles. The summed E-state index contributed by atoms with van der Waals surface area (Å²) < 4.78 is 32.9. The van der Waals surface area contributed by atoms with Crippen molar-refractivity contribution in [3.05, 3.63) is 33.9 Å². The van der Waals surface area contributed by atoms with E-state index < -0.39 is 26.6 Å². The molecule has 2 aliphatic rings. The molecule has 9 nitrogen and oxygen atoms in total. The quantitative estimate of drug-likeness (QED) is 0.567. The molecule has 0 atom stereocenters. The van der Waals surface area contributed by atoms with E-state index in [0.29, 0.717) is 24.3 Å². The Kier molecular flexibility index (Phi) is 5.26. The lowest BCUT2D eigenvalue weighted by molar-refractivity contribution is -0.384. The zero-order valence-corrected chi connectivity index (χ0v) is 17.0. The molecule has 1 saturated heterocycles. The lowest BCUT2D eigenvalue weighted by Crippen LogP contribution is -2.53. The number of nitrogens with zero attached hydrogens (tertiary/aromatic N) is 2. The van der Waals surface area contributed by atoms with Crippen molar-refractivity contribution in [2.24, 2.45) is 5.92 Å². The Bertz CT molecular complexity index is 883. The van der Waals surface area contributed by atoms with E-state index in [9.17, 15) is 23.3 Å². The number of ether oxygens (including phenoxy) is 1. The van der Waals surface area contributed by atoms with Crippen LogP contribution in [0.5, 0.6) is 0 Å². The minimum Gasteiger partial charge on any atom is -0.444 e. The lowest BCUT2D eigenvalue weighted by Gasteiger charge is -2.39. The normalized spacial score (nSPS) is 17.8. The second kappa shape index (κ2) is 7.23. The molecular weight excluding hydrogens is 386 g/mol. The number of carbonyl (C=O) groups is 1. The van der Waals surface area contributed by atoms with Gasteiger partial charge in [-0.3, -0.25) is 14.8 Å². The predicted octanol–water partition coefficient (Wildman–Crippen LogP) is 3.08. The van der Waals surface area contributed by atoms with Crippen molar-refractivity contribution >= 4 is 27.5 Å². The Morgan fingerprint density at radius 2 is 1.96 bits per heavy atom. The summed E-state index contributed by atoms with van der Waals surface area (Å²) in [4.78, 5) is 23.9. The van der Waals surface area contributed by atoms with Crippen LogP contribution in [-0.2, 0) is 14.8 Å². The Labute approximate surface area is 164 Å². The third-order valence-electron chi connectivity index (χ3n) is 4.59. The summed E-state index contributed by atoms with van der Waals surface area (Å²) in [7, 11) is -3.64. The van der Waals surface area contributed by atoms with E-state index in [1.807, 2.05) is 0 Å². The first-order valence-corrected chi connectivity index (χ1v) is 10.9. The summed E-state index contributed by atoms with van der Waals surface area (Å²) in [5.74, 6) is -0.135. The van der Waals surface area contributed by atoms with Crippen molar-refractivity contribution in [3.8, 4) is 0 Å². The Morgan fingerprint density at radius 3 is 2.50 bits per heavy atom. The monoisotopic (exact) mass is 411 g/mol. The van der Waals surface area contributed by atoms with E-state index in [-0.39, 0.29) is 23.3 Å². The molecule has 0 bridgehead atoms. The summed E-state index contributed by atoms with van der Waals surface area (Å²) >= 11 is 0. The third kappa shape index (κ3) is 5.12. The average molecular weight is 411 g/mol. The molecule has 1 aromatic rings. The molecule has 154 valence electrons. The Hall–Kier alpha value is -2.36. The van der Waals surface area contributed by atoms with Gasteiger partial charge >= 0.3 is 6.09 Å². The largest absolute Gasteiger partial charge is 0.444 e. The van der Waals surface area contributed by atoms with E-state index >= 15 is 0 Å². The number of likely N-dealkylation sites (tertiary alicyclic amines) is 1. The zero-order chi connectivity index (χ0) is 20.7. The first-order chi connectivity index (χ1) is 12.9. The lowest BCUT2D eigenvalue weighted by atomic mass is 10.0. The second-order valence-corrected chi connectivity index (χ2v) is 10.2. The van der Waals surface area contributed by atoms with Crippen LogP contribution < -0.4 is 4.72 Å². The fraction of sp³-hybridized carbons (Fsp3) is 0.611. The molecule has 1 aliphatic heterocycles. The summed E-state index contributed by atoms with van der Waals surface area (Å²) in [5.41, 5.74) is 0.431. The maximum atomic E-state index is 12.5. The molecule has 0 aromatic heterocycles. The molecule has 0 unspecified atom stereocenters. The van der Waals surface area contributed by atoms with Crippen LogP contribution >= 0.6 is 0 Å². The second-order valence-electron chi connectivity index (χ2n) is 8.44. The van der Waals surface area contributed by atoms with Gasteiger partial charge < -0.3 is 9.64 Å². The van der Waals surface area contributed by atoms with Crippen molar-refractivity contribution in [1.29, 1.82) is 0 Å². The van der Waals surface area contributed by atoms with Gasteiger partial charge in [-0.25, -0.2) is 13.2 Å². The number of benzene rings is 1. The average Bonchev–Trinajstić information content (AvgIpc) is 3.33. The number of sulfonamides is 1. The number of nitrogens with one attached hydrogen (secondary N) is 1. The topological polar surface area (TPSA) is 119 Å². The molecule has 0 spiro atoms. The zero-order valence-electron chi connectivity index (χ0n) is 16.2. The van der Waals surface area contributed by atoms with Crippen LogP contribution in [0.3, 0.4) is 0 Å². The van der Waals surface area contributed by atoms with E-state index in [0.717, 1.165) is 12.8 Å². The third-order valence-corrected chi connectivity index (χ3v) is 6.03. The van der Waals surface area contributed by atoms with Gasteiger partial charge in [0.25, 0.3) is 5.69 Å². The number of hydrogen-bond acceptors (Lipinski definition) is 6. The summed E-state index contributed by atoms with van der Waals surface area (Å²) in [5, 5.41) is 11.0. The molecule has 2 fully saturated rings. The number of anilines is 1. The molecule has 1 heterocycles. The van der Waals surface area contributed by atoms with Crippen molar-refractivity contribution in [2.75, 3.05) is 23.6 Å². The van der Waals surface area contributed by atoms with Gasteiger partial charge in [0.1, 0.15) is 5.60 Å². The highest BCUT2D eigenvalue weighted by molar-refractivity contribution is 7.92. The highest BCUT2D eigenvalue weighted by Gasteiger charge is 2.37. The van der Waals surface area contributed by atoms with Gasteiger partial charge in [0.2, 0.25) is 10.0 Å². The summed E-state index contributed by atoms with van der Waals surface area (Å²) in [6.07, 6.45) is 1.34. The maximum Gasteiger partial charge on any atom is 0.410 e. The van der Waals surface area contributed by atoms with E-state index in [4.69, 9.17) is 4.74 Å². The molecule has 1 N–H and O–H groups in total. The number of carbonyl (C=O) groups excluding carboxylic acids is 1. The van der Waals surface area contributed by atoms with Crippen LogP contribution in [0.1, 0.15) is 45.1 Å². The molecule has 1 amide bonds. The smallest absolute Gasteiger partial charge is 0.410 e. The van der Waals surface area contributed by atoms with E-state index in [1.165, 1.54) is 23.1 Å². The van der Waals surface area contributed by atoms with Gasteiger partial charge in [0.05, 0.1) is 16.4 Å². The number of hydrogen-bond donors (Lipinski definition) is 1. The van der Waals surface area contributed by atoms with Crippen LogP contribution in [-0.4, -0.2) is 48.8 Å². The van der Waals surface area contributed by atoms with Crippen molar-refractivity contribution in [2.45, 2.75) is 45.1 Å². The molecule has 10 heteroatoms. The molecular formula is C18H25N3O6S. The maximum absolute atomic E-state index is 12.5. The number of non-ortho nitro benzene ring substituents is 1. The number of nitro benzene ring substituents is 1. The van der Waals surface area contributed by atoms with Crippen molar-refractivity contribution in [1.82, 2.24) is 4.90 Å². The first-order valence-electron chi connectivity index (χ1n) is 9.20. The van der Waals surface area contributed by atoms with Gasteiger partial charge in [-0.15, -0.1) is 0 Å². The number of nitro groups is 1. The van der Waals surface area contributed by atoms with Crippen LogP contribution in [0.4, 0.5) is 16.2 Å². The Morgan fingerprint density at radius 1 is 1.32 bits per heavy atom. The molecule has 1 saturated carbocycles. The fourth-order valence-electron chi connectivity index (χ4n) is 3.16. The molecule has 0 radical (unpaired) electrons. The van der Waals surface area contributed by atoms with Crippen molar-refractivity contribution < 1.29 is 22.9 Å². The standard InChI is InChI=1S/C18H25N3O6S/c1-18(2,3)27-17(22)20-9-12(10-20)11-28(25,26)19-16-7-6-14(21(23)24)8-15(16)13-4-5-13/h6-8,12-13,19H,4-5,9-11H2,1-3H3. The minimum absolute atomic E-state index is 0.0446. The SMILES string of the molecule is CC(C)(C)OC(=O)N1CC(CS(=O)(=O)Nc2ccc([N+](=O)[O-])cc2C2CC2)C1. The minimum atomic E-state index is -3.64. The van der Waals surface area contributed by atoms with Gasteiger partial charge in [-0.2, -0.15) is 0 Å². The molecule has 28 heavy (non-hydrogen) atoms. The van der Waals surface area contributed by atoms with E-state index in [1.54, 1.807) is 20.8 Å². The van der Waals surface area contributed by atoms with Crippen LogP contribution in [0.15, 0.2) is 18.2 Å². The summed E-state index contributed by atoms with van der Waals surface area (Å²) in [6, 6.07) is 4.21. The van der Waals surface area contributed by atoms with Crippen LogP contribution in [0, 0.1) is 16.0 Å². The fourth-order valence-corrected chi connectivity index (χ4v) is 4.59. The Balaban J connectivity index is 1.60. The number of amides is 1. The van der Waals surface area contributed by atoms with Crippen LogP contribution in [0.2, 0.25) is 0 Å². The summed E-state index contributed by atoms with van der Waals surface area (Å²) in [6.45, 7) is 5.98. The van der Waals surface area contributed by atoms with Gasteiger partial charge in [-0.05, 0) is 51.2 Å². The van der Waals surface area contributed by atoms with E-state index in [2.05, 4.69) is 4.72 Å².